The quantitative estimate of drug-likeness (QED) is 0.165. The fourth-order valence-electron chi connectivity index (χ4n) is 1.52. The summed E-state index contributed by atoms with van der Waals surface area (Å²) in [6.07, 6.45) is 0. The molecule has 8 nitrogen and oxygen atoms in total. The molecule has 10 heteroatoms. The molecule has 0 rings (SSSR count). The zero-order chi connectivity index (χ0) is 18.3. The first-order chi connectivity index (χ1) is 11.1. The molecule has 0 amide bonds. The van der Waals surface area contributed by atoms with Gasteiger partial charge in [0.05, 0.1) is 39.6 Å². The molecule has 138 valence electrons. The van der Waals surface area contributed by atoms with Crippen molar-refractivity contribution in [3.8, 4) is 0 Å². The molecule has 0 aliphatic heterocycles. The molecule has 0 fully saturated rings. The topological polar surface area (TPSA) is 128 Å². The molecule has 0 atom stereocenters. The van der Waals surface area contributed by atoms with E-state index < -0.39 is 0 Å². The van der Waals surface area contributed by atoms with Crippen LogP contribution in [0, 0.1) is 0 Å². The summed E-state index contributed by atoms with van der Waals surface area (Å²) in [6, 6.07) is 0. The van der Waals surface area contributed by atoms with E-state index in [4.69, 9.17) is 30.6 Å². The SMILES string of the molecule is OCCN(CCO)CCO.OCCN(CCO)CCO.[Ge][CH2][Ge]. The van der Waals surface area contributed by atoms with Gasteiger partial charge < -0.3 is 30.6 Å². The van der Waals surface area contributed by atoms with Crippen LogP contribution in [0.3, 0.4) is 0 Å². The number of nitrogens with zero attached hydrogens (tertiary/aromatic N) is 2. The second-order valence-electron chi connectivity index (χ2n) is 4.20. The molecule has 0 saturated heterocycles. The third-order valence-corrected chi connectivity index (χ3v) is 2.50. The van der Waals surface area contributed by atoms with E-state index >= 15 is 0 Å². The Kier molecular flexibility index (Phi) is 34.3. The molecule has 0 aromatic heterocycles. The average Bonchev–Trinajstić information content (AvgIpc) is 2.50. The van der Waals surface area contributed by atoms with Crippen molar-refractivity contribution in [2.24, 2.45) is 0 Å². The molecule has 0 unspecified atom stereocenters. The molecule has 0 aromatic carbocycles. The zero-order valence-electron chi connectivity index (χ0n) is 13.8. The van der Waals surface area contributed by atoms with Crippen LogP contribution in [0.5, 0.6) is 0 Å². The summed E-state index contributed by atoms with van der Waals surface area (Å²) in [7, 11) is 0. The number of aliphatic hydroxyl groups excluding tert-OH is 6. The number of rotatable bonds is 12. The first-order valence-electron chi connectivity index (χ1n) is 7.50. The summed E-state index contributed by atoms with van der Waals surface area (Å²) in [5.74, 6) is 0. The van der Waals surface area contributed by atoms with Gasteiger partial charge in [0.15, 0.2) is 0 Å². The minimum atomic E-state index is 0.0694. The second kappa shape index (κ2) is 27.6. The third-order valence-electron chi connectivity index (χ3n) is 2.50. The molecule has 0 aliphatic carbocycles. The summed E-state index contributed by atoms with van der Waals surface area (Å²) in [4.78, 5) is 3.58. The van der Waals surface area contributed by atoms with Crippen LogP contribution in [0.25, 0.3) is 0 Å². The maximum absolute atomic E-state index is 8.48. The molecule has 0 bridgehead atoms. The van der Waals surface area contributed by atoms with Crippen LogP contribution in [-0.2, 0) is 0 Å². The van der Waals surface area contributed by atoms with Gasteiger partial charge in [-0.05, 0) is 0 Å². The Balaban J connectivity index is -0.000000297. The van der Waals surface area contributed by atoms with Crippen LogP contribution < -0.4 is 0 Å². The van der Waals surface area contributed by atoms with Crippen LogP contribution in [-0.4, -0.2) is 152 Å². The van der Waals surface area contributed by atoms with Crippen molar-refractivity contribution >= 4 is 33.0 Å². The second-order valence-corrected chi connectivity index (χ2v) is 8.80. The van der Waals surface area contributed by atoms with Gasteiger partial charge in [0, 0.05) is 39.3 Å². The van der Waals surface area contributed by atoms with Crippen molar-refractivity contribution in [2.45, 2.75) is 4.09 Å². The predicted molar refractivity (Wildman–Crippen MR) is 91.7 cm³/mol. The predicted octanol–water partition coefficient (Wildman–Crippen LogP) is -3.77. The minimum absolute atomic E-state index is 0.0694. The Morgan fingerprint density at radius 1 is 0.435 bits per heavy atom. The van der Waals surface area contributed by atoms with Crippen LogP contribution in [0.1, 0.15) is 0 Å². The Morgan fingerprint density at radius 2 is 0.565 bits per heavy atom. The van der Waals surface area contributed by atoms with Crippen LogP contribution in [0.4, 0.5) is 0 Å². The molecule has 0 spiro atoms. The molecule has 0 heterocycles. The standard InChI is InChI=1S/2C6H15NO3.CH2Ge2/c2*8-4-1-7(2-5-9)3-6-10;2-1-3/h2*8-10H,1-6H2;1H2. The molecule has 0 aliphatic rings. The fraction of sp³-hybridized carbons (Fsp3) is 1.00. The van der Waals surface area contributed by atoms with Gasteiger partial charge in [-0.15, -0.1) is 0 Å². The van der Waals surface area contributed by atoms with Crippen molar-refractivity contribution in [1.82, 2.24) is 9.80 Å². The average molecular weight is 458 g/mol. The first-order valence-corrected chi connectivity index (χ1v) is 10.5. The molecule has 0 aromatic rings. The van der Waals surface area contributed by atoms with Crippen molar-refractivity contribution in [3.05, 3.63) is 0 Å². The van der Waals surface area contributed by atoms with Crippen LogP contribution in [0.2, 0.25) is 4.09 Å². The normalized spacial score (nSPS) is 10.2. The van der Waals surface area contributed by atoms with Gasteiger partial charge in [0.1, 0.15) is 0 Å². The van der Waals surface area contributed by atoms with E-state index in [0.717, 1.165) is 0 Å². The van der Waals surface area contributed by atoms with Crippen molar-refractivity contribution in [3.63, 3.8) is 0 Å². The maximum atomic E-state index is 8.48. The van der Waals surface area contributed by atoms with Gasteiger partial charge in [0.25, 0.3) is 0 Å². The van der Waals surface area contributed by atoms with Crippen molar-refractivity contribution in [2.75, 3.05) is 78.9 Å². The molecular weight excluding hydrogens is 425 g/mol. The monoisotopic (exact) mass is 460 g/mol. The summed E-state index contributed by atoms with van der Waals surface area (Å²) in [5.41, 5.74) is 0. The molecule has 23 heavy (non-hydrogen) atoms. The van der Waals surface area contributed by atoms with Gasteiger partial charge in [-0.25, -0.2) is 0 Å². The van der Waals surface area contributed by atoms with Crippen LogP contribution >= 0.6 is 0 Å². The van der Waals surface area contributed by atoms with E-state index in [1.54, 1.807) is 9.80 Å². The van der Waals surface area contributed by atoms with Crippen molar-refractivity contribution < 1.29 is 30.6 Å². The van der Waals surface area contributed by atoms with Gasteiger partial charge in [-0.2, -0.15) is 0 Å². The Bertz CT molecular complexity index is 151. The fourth-order valence-corrected chi connectivity index (χ4v) is 1.52. The van der Waals surface area contributed by atoms with E-state index in [-0.39, 0.29) is 39.6 Å². The van der Waals surface area contributed by atoms with Gasteiger partial charge in [0.2, 0.25) is 0 Å². The molecule has 0 saturated carbocycles. The Hall–Kier alpha value is 0.766. The Labute approximate surface area is 156 Å². The summed E-state index contributed by atoms with van der Waals surface area (Å²) < 4.78 is 1.25. The number of aliphatic hydroxyl groups is 6. The van der Waals surface area contributed by atoms with E-state index in [9.17, 15) is 0 Å². The van der Waals surface area contributed by atoms with E-state index in [1.165, 1.54) is 4.09 Å². The zero-order valence-corrected chi connectivity index (χ0v) is 18.0. The summed E-state index contributed by atoms with van der Waals surface area (Å²) in [6.45, 7) is 3.51. The van der Waals surface area contributed by atoms with Gasteiger partial charge in [-0.1, -0.05) is 0 Å². The van der Waals surface area contributed by atoms with Gasteiger partial charge in [-0.3, -0.25) is 9.80 Å². The van der Waals surface area contributed by atoms with E-state index in [0.29, 0.717) is 39.3 Å². The van der Waals surface area contributed by atoms with Gasteiger partial charge >= 0.3 is 37.1 Å². The third kappa shape index (κ3) is 27.9. The van der Waals surface area contributed by atoms with Crippen molar-refractivity contribution in [1.29, 1.82) is 0 Å². The Morgan fingerprint density at radius 3 is 0.652 bits per heavy atom. The number of hydrogen-bond acceptors (Lipinski definition) is 8. The summed E-state index contributed by atoms with van der Waals surface area (Å²) >= 11 is 4.25. The number of hydrogen-bond donors (Lipinski definition) is 6. The molecule has 6 N–H and O–H groups in total. The van der Waals surface area contributed by atoms with E-state index in [1.807, 2.05) is 0 Å². The molecular formula is C13H32Ge2N2O6. The molecule has 6 radical (unpaired) electrons. The van der Waals surface area contributed by atoms with E-state index in [2.05, 4.69) is 33.0 Å². The first kappa shape index (κ1) is 28.6. The van der Waals surface area contributed by atoms with Crippen LogP contribution in [0.15, 0.2) is 0 Å². The summed E-state index contributed by atoms with van der Waals surface area (Å²) in [5, 5.41) is 50.9.